The van der Waals surface area contributed by atoms with Crippen LogP contribution in [0.5, 0.6) is 0 Å². The van der Waals surface area contributed by atoms with Crippen LogP contribution in [0.3, 0.4) is 0 Å². The van der Waals surface area contributed by atoms with E-state index in [-0.39, 0.29) is 17.5 Å². The van der Waals surface area contributed by atoms with E-state index in [1.165, 1.54) is 16.9 Å². The maximum atomic E-state index is 13.3. The first-order chi connectivity index (χ1) is 27.7. The highest BCUT2D eigenvalue weighted by Crippen LogP contribution is 2.24. The van der Waals surface area contributed by atoms with E-state index in [0.29, 0.717) is 11.6 Å². The summed E-state index contributed by atoms with van der Waals surface area (Å²) in [5, 5.41) is 11.5. The Morgan fingerprint density at radius 3 is 1.72 bits per heavy atom. The topological polar surface area (TPSA) is 118 Å². The Kier molecular flexibility index (Phi) is 10.5. The number of rotatable bonds is 8. The molecule has 9 nitrogen and oxygen atoms in total. The molecule has 0 amide bonds. The van der Waals surface area contributed by atoms with Gasteiger partial charge in [0.1, 0.15) is 23.0 Å². The first-order valence-electron chi connectivity index (χ1n) is 18.5. The van der Waals surface area contributed by atoms with E-state index < -0.39 is 5.41 Å². The van der Waals surface area contributed by atoms with Crippen molar-refractivity contribution in [1.29, 1.82) is 0 Å². The summed E-state index contributed by atoms with van der Waals surface area (Å²) in [5.41, 5.74) is 5.80. The average Bonchev–Trinajstić information content (AvgIpc) is 4.07. The smallest absolute Gasteiger partial charge is 0.343 e. The number of Topliss-reactive ketones (excluding diaryl/α,β-unsaturated/α-hetero) is 2. The average molecular weight is 789 g/mol. The van der Waals surface area contributed by atoms with Gasteiger partial charge in [-0.3, -0.25) is 9.36 Å². The molecule has 6 heterocycles. The SMILES string of the molecule is CC(C)(C)C(=O)[n+]1cc(C(=O)[C-]2C=[S+][C-](c3cccnc3)[NH2+]2)c2cccc[c-]21.O=C(c1c[n+](Cc2ccccc2)[c-]2ccccc12)[C-]1C=[S+][C-](c2cccnc2)[NH2+]1. The molecule has 11 heteroatoms. The fourth-order valence-corrected chi connectivity index (χ4v) is 8.53. The highest BCUT2D eigenvalue weighted by molar-refractivity contribution is 7.81. The lowest BCUT2D eigenvalue weighted by molar-refractivity contribution is -0.660. The number of quaternary nitrogens is 2. The molecule has 4 N–H and O–H groups in total. The highest BCUT2D eigenvalue weighted by Gasteiger charge is 2.36. The summed E-state index contributed by atoms with van der Waals surface area (Å²) in [6.07, 6.45) is 10.8. The van der Waals surface area contributed by atoms with Crippen molar-refractivity contribution in [2.75, 3.05) is 0 Å². The second-order valence-electron chi connectivity index (χ2n) is 14.7. The number of nitrogens with two attached hydrogens (primary N) is 2. The lowest BCUT2D eigenvalue weighted by Crippen LogP contribution is -2.86. The van der Waals surface area contributed by atoms with Crippen molar-refractivity contribution in [1.82, 2.24) is 9.97 Å². The van der Waals surface area contributed by atoms with Gasteiger partial charge in [-0.2, -0.15) is 0 Å². The molecule has 0 radical (unpaired) electrons. The zero-order valence-electron chi connectivity index (χ0n) is 31.6. The van der Waals surface area contributed by atoms with Gasteiger partial charge in [-0.15, -0.1) is 48.5 Å². The Hall–Kier alpha value is -6.37. The molecule has 0 saturated heterocycles. The number of para-hydroxylation sites is 2. The predicted molar refractivity (Wildman–Crippen MR) is 224 cm³/mol. The van der Waals surface area contributed by atoms with Crippen molar-refractivity contribution < 1.29 is 34.2 Å². The molecule has 0 saturated carbocycles. The van der Waals surface area contributed by atoms with Crippen LogP contribution in [-0.2, 0) is 29.2 Å². The molecule has 0 fully saturated rings. The van der Waals surface area contributed by atoms with Crippen LogP contribution in [0.1, 0.15) is 63.0 Å². The van der Waals surface area contributed by atoms with Gasteiger partial charge in [-0.05, 0) is 35.0 Å². The molecule has 2 aliphatic heterocycles. The number of aromatic nitrogens is 4. The maximum absolute atomic E-state index is 13.3. The third-order valence-corrected chi connectivity index (χ3v) is 11.6. The van der Waals surface area contributed by atoms with Crippen LogP contribution in [0.2, 0.25) is 0 Å². The number of nitrogens with zero attached hydrogens (tertiary/aromatic N) is 4. The minimum atomic E-state index is -0.544. The standard InChI is InChI=1S/C24H19N3OS.C22H21N3O2S/c28-23(21-16-29-24(26-21)18-9-6-12-25-13-18)20-15-27(14-17-7-2-1-3-8-17)22-11-5-4-10-19(20)22;1-22(2,3)21(27)25-12-16(15-8-4-5-9-18(15)25)19(26)17-13-28-20(24-17)14-7-6-10-23-11-14/h1-13,15-16H,14,26H2;4-13H,24H2,1-3H3. The Labute approximate surface area is 339 Å². The van der Waals surface area contributed by atoms with E-state index in [2.05, 4.69) is 32.7 Å². The van der Waals surface area contributed by atoms with E-state index in [0.717, 1.165) is 61.8 Å². The minimum absolute atomic E-state index is 0.0379. The number of benzene rings is 3. The molecule has 7 aromatic rings. The molecule has 0 unspecified atom stereocenters. The molecule has 2 aliphatic rings. The van der Waals surface area contributed by atoms with Crippen molar-refractivity contribution in [3.05, 3.63) is 191 Å². The number of pyridine rings is 2. The number of carbonyl (C=O) groups excluding carboxylic acids is 3. The summed E-state index contributed by atoms with van der Waals surface area (Å²) in [5.74, 6) is -0.0634. The number of fused-ring (bicyclic) bond motifs is 2. The summed E-state index contributed by atoms with van der Waals surface area (Å²) in [6.45, 7) is 6.37. The van der Waals surface area contributed by atoms with Gasteiger partial charge in [0.2, 0.25) is 0 Å². The summed E-state index contributed by atoms with van der Waals surface area (Å²) in [7, 11) is 0. The van der Waals surface area contributed by atoms with Crippen LogP contribution in [-0.4, -0.2) is 38.2 Å². The van der Waals surface area contributed by atoms with Gasteiger partial charge >= 0.3 is 5.91 Å². The quantitative estimate of drug-likeness (QED) is 0.0803. The number of hydrogen-bond acceptors (Lipinski definition) is 5. The lowest BCUT2D eigenvalue weighted by Gasteiger charge is -2.14. The summed E-state index contributed by atoms with van der Waals surface area (Å²) < 4.78 is 3.77. The van der Waals surface area contributed by atoms with Crippen LogP contribution in [0, 0.1) is 28.2 Å². The van der Waals surface area contributed by atoms with E-state index in [4.69, 9.17) is 0 Å². The Morgan fingerprint density at radius 1 is 0.649 bits per heavy atom. The van der Waals surface area contributed by atoms with Gasteiger partial charge in [0.25, 0.3) is 10.7 Å². The van der Waals surface area contributed by atoms with E-state index in [9.17, 15) is 14.4 Å². The zero-order chi connectivity index (χ0) is 39.5. The molecule has 3 aromatic carbocycles. The number of carbonyl (C=O) groups is 3. The molecule has 0 bridgehead atoms. The Bertz CT molecular complexity index is 2630. The van der Waals surface area contributed by atoms with Gasteiger partial charge < -0.3 is 30.2 Å². The first kappa shape index (κ1) is 37.5. The van der Waals surface area contributed by atoms with Crippen molar-refractivity contribution in [3.8, 4) is 0 Å². The molecule has 9 rings (SSSR count). The van der Waals surface area contributed by atoms with Crippen molar-refractivity contribution in [2.45, 2.75) is 27.3 Å². The van der Waals surface area contributed by atoms with E-state index in [1.807, 2.05) is 139 Å². The maximum Gasteiger partial charge on any atom is 0.343 e. The van der Waals surface area contributed by atoms with Crippen molar-refractivity contribution in [2.24, 2.45) is 5.41 Å². The van der Waals surface area contributed by atoms with E-state index in [1.54, 1.807) is 40.7 Å². The van der Waals surface area contributed by atoms with Gasteiger partial charge in [0.05, 0.1) is 23.3 Å². The van der Waals surface area contributed by atoms with Gasteiger partial charge in [0.15, 0.2) is 40.0 Å². The molecule has 4 aromatic heterocycles. The van der Waals surface area contributed by atoms with Crippen LogP contribution in [0.4, 0.5) is 0 Å². The van der Waals surface area contributed by atoms with Crippen LogP contribution in [0.15, 0.2) is 140 Å². The predicted octanol–water partition coefficient (Wildman–Crippen LogP) is 3.65. The summed E-state index contributed by atoms with van der Waals surface area (Å²) >= 11 is 3.09. The second kappa shape index (κ2) is 16.0. The van der Waals surface area contributed by atoms with Crippen LogP contribution in [0.25, 0.3) is 21.8 Å². The first-order valence-corrected chi connectivity index (χ1v) is 20.3. The Morgan fingerprint density at radius 2 is 1.18 bits per heavy atom. The number of hydrogen-bond donors (Lipinski definition) is 2. The van der Waals surface area contributed by atoms with Gasteiger partial charge in [-0.1, -0.05) is 92.6 Å². The third-order valence-electron chi connectivity index (χ3n) is 9.66. The van der Waals surface area contributed by atoms with Gasteiger partial charge in [-0.25, -0.2) is 4.57 Å². The third kappa shape index (κ3) is 7.87. The summed E-state index contributed by atoms with van der Waals surface area (Å²) in [6, 6.07) is 35.1. The summed E-state index contributed by atoms with van der Waals surface area (Å²) in [4.78, 5) is 47.8. The van der Waals surface area contributed by atoms with E-state index >= 15 is 0 Å². The monoisotopic (exact) mass is 788 g/mol. The number of ketones is 2. The normalized spacial score (nSPS) is 13.7. The van der Waals surface area contributed by atoms with Crippen LogP contribution >= 0.6 is 0 Å². The molecule has 0 atom stereocenters. The molecular weight excluding hydrogens is 749 g/mol. The van der Waals surface area contributed by atoms with Crippen molar-refractivity contribution >= 4 is 72.7 Å². The largest absolute Gasteiger partial charge is 0.346 e. The zero-order valence-corrected chi connectivity index (χ0v) is 33.3. The highest BCUT2D eigenvalue weighted by atomic mass is 32.1. The Balaban J connectivity index is 0.000000160. The molecule has 284 valence electrons. The molecular formula is C46H40N6O3S2. The lowest BCUT2D eigenvalue weighted by atomic mass is 9.95. The molecule has 0 aliphatic carbocycles. The molecule has 0 spiro atoms. The van der Waals surface area contributed by atoms with Crippen LogP contribution < -0.4 is 19.8 Å². The second-order valence-corrected chi connectivity index (χ2v) is 16.5. The van der Waals surface area contributed by atoms with Gasteiger partial charge in [0, 0.05) is 17.3 Å². The fourth-order valence-electron chi connectivity index (χ4n) is 6.77. The molecule has 57 heavy (non-hydrogen) atoms. The minimum Gasteiger partial charge on any atom is -0.346 e. The fraction of sp³-hybridized carbons (Fsp3) is 0.109. The van der Waals surface area contributed by atoms with Crippen molar-refractivity contribution in [3.63, 3.8) is 0 Å².